The Kier molecular flexibility index (Phi) is 5.89. The van der Waals surface area contributed by atoms with Crippen molar-refractivity contribution in [1.82, 2.24) is 10.0 Å². The SMILES string of the molecule is O=C(c1ccccc1Cl)N(Cc1ccc(Cl)cc1)N1C(=O)[C@@H]2[C@H]3C[C@@H]([C@H](Br)[C@H]3Br)[C@H]2C1=O. The molecule has 2 saturated carbocycles. The topological polar surface area (TPSA) is 57.7 Å². The normalized spacial score (nSPS) is 30.7. The fourth-order valence-electron chi connectivity index (χ4n) is 5.34. The van der Waals surface area contributed by atoms with Crippen LogP contribution in [0.15, 0.2) is 48.5 Å². The maximum absolute atomic E-state index is 13.6. The van der Waals surface area contributed by atoms with Crippen molar-refractivity contribution in [1.29, 1.82) is 0 Å². The third-order valence-corrected chi connectivity index (χ3v) is 10.6. The van der Waals surface area contributed by atoms with Crippen LogP contribution in [0.25, 0.3) is 0 Å². The Labute approximate surface area is 212 Å². The molecule has 3 amide bonds. The standard InChI is InChI=1S/C23H18Br2Cl2N2O3/c24-19-14-9-15(20(19)25)18-17(14)22(31)29(23(18)32)28(10-11-5-7-12(26)8-6-11)21(30)13-3-1-2-4-16(13)27/h1-8,14-15,17-20H,9-10H2/t14-,15-,17-,18-,19+,20+/m1/s1. The molecule has 2 aromatic rings. The molecule has 0 N–H and O–H groups in total. The first-order chi connectivity index (χ1) is 15.3. The lowest BCUT2D eigenvalue weighted by Gasteiger charge is -2.31. The molecule has 5 rings (SSSR count). The van der Waals surface area contributed by atoms with Crippen LogP contribution in [0.5, 0.6) is 0 Å². The van der Waals surface area contributed by atoms with Gasteiger partial charge in [0.1, 0.15) is 0 Å². The van der Waals surface area contributed by atoms with Gasteiger partial charge in [-0.1, -0.05) is 79.3 Å². The Hall–Kier alpha value is -1.41. The summed E-state index contributed by atoms with van der Waals surface area (Å²) >= 11 is 19.7. The maximum Gasteiger partial charge on any atom is 0.274 e. The average Bonchev–Trinajstić information content (AvgIpc) is 3.38. The number of amides is 3. The van der Waals surface area contributed by atoms with E-state index < -0.39 is 17.7 Å². The Morgan fingerprint density at radius 2 is 1.50 bits per heavy atom. The second kappa shape index (κ2) is 8.42. The molecule has 6 atom stereocenters. The molecule has 2 aromatic carbocycles. The van der Waals surface area contributed by atoms with Crippen LogP contribution in [0.2, 0.25) is 10.0 Å². The fraction of sp³-hybridized carbons (Fsp3) is 0.348. The van der Waals surface area contributed by atoms with Crippen molar-refractivity contribution in [2.45, 2.75) is 22.6 Å². The van der Waals surface area contributed by atoms with Gasteiger partial charge in [-0.3, -0.25) is 14.4 Å². The lowest BCUT2D eigenvalue weighted by molar-refractivity contribution is -0.156. The van der Waals surface area contributed by atoms with E-state index >= 15 is 0 Å². The Morgan fingerprint density at radius 3 is 2.06 bits per heavy atom. The first-order valence-electron chi connectivity index (χ1n) is 10.3. The number of fused-ring (bicyclic) bond motifs is 5. The Bertz CT molecular complexity index is 1080. The van der Waals surface area contributed by atoms with Crippen LogP contribution in [0.4, 0.5) is 0 Å². The van der Waals surface area contributed by atoms with Gasteiger partial charge in [0.25, 0.3) is 17.7 Å². The molecule has 2 aliphatic carbocycles. The van der Waals surface area contributed by atoms with Gasteiger partial charge < -0.3 is 0 Å². The van der Waals surface area contributed by atoms with Crippen LogP contribution in [0.1, 0.15) is 22.3 Å². The minimum absolute atomic E-state index is 0.0446. The highest BCUT2D eigenvalue weighted by molar-refractivity contribution is 9.12. The second-order valence-electron chi connectivity index (χ2n) is 8.46. The van der Waals surface area contributed by atoms with E-state index in [2.05, 4.69) is 31.9 Å². The summed E-state index contributed by atoms with van der Waals surface area (Å²) in [4.78, 5) is 41.0. The van der Waals surface area contributed by atoms with Gasteiger partial charge in [-0.05, 0) is 48.1 Å². The van der Waals surface area contributed by atoms with E-state index in [-0.39, 0.29) is 50.4 Å². The summed E-state index contributed by atoms with van der Waals surface area (Å²) in [5.41, 5.74) is 0.979. The number of hydrogen-bond donors (Lipinski definition) is 0. The molecule has 1 saturated heterocycles. The molecule has 1 heterocycles. The van der Waals surface area contributed by atoms with Gasteiger partial charge >= 0.3 is 0 Å². The third-order valence-electron chi connectivity index (χ3n) is 6.79. The van der Waals surface area contributed by atoms with E-state index in [9.17, 15) is 14.4 Å². The molecule has 1 aliphatic heterocycles. The predicted octanol–water partition coefficient (Wildman–Crippen LogP) is 5.33. The quantitative estimate of drug-likeness (QED) is 0.352. The highest BCUT2D eigenvalue weighted by Crippen LogP contribution is 2.60. The summed E-state index contributed by atoms with van der Waals surface area (Å²) in [5, 5.41) is 3.13. The van der Waals surface area contributed by atoms with E-state index in [1.165, 1.54) is 5.01 Å². The molecule has 2 bridgehead atoms. The predicted molar refractivity (Wildman–Crippen MR) is 129 cm³/mol. The average molecular weight is 601 g/mol. The molecular formula is C23H18Br2Cl2N2O3. The monoisotopic (exact) mass is 598 g/mol. The molecule has 166 valence electrons. The highest BCUT2D eigenvalue weighted by atomic mass is 79.9. The highest BCUT2D eigenvalue weighted by Gasteiger charge is 2.67. The summed E-state index contributed by atoms with van der Waals surface area (Å²) < 4.78 is 0. The molecule has 0 aromatic heterocycles. The van der Waals surface area contributed by atoms with E-state index in [4.69, 9.17) is 23.2 Å². The first-order valence-corrected chi connectivity index (χ1v) is 12.8. The number of halogens is 4. The van der Waals surface area contributed by atoms with Crippen molar-refractivity contribution in [3.63, 3.8) is 0 Å². The molecule has 9 heteroatoms. The minimum atomic E-state index is -0.495. The number of rotatable bonds is 4. The molecule has 0 spiro atoms. The van der Waals surface area contributed by atoms with Crippen LogP contribution >= 0.6 is 55.1 Å². The zero-order chi connectivity index (χ0) is 22.7. The number of carbonyl (C=O) groups excluding carboxylic acids is 3. The smallest absolute Gasteiger partial charge is 0.272 e. The van der Waals surface area contributed by atoms with E-state index in [0.717, 1.165) is 17.0 Å². The summed E-state index contributed by atoms with van der Waals surface area (Å²) in [5.74, 6) is -1.84. The van der Waals surface area contributed by atoms with E-state index in [1.54, 1.807) is 48.5 Å². The summed E-state index contributed by atoms with van der Waals surface area (Å²) in [7, 11) is 0. The number of benzene rings is 2. The van der Waals surface area contributed by atoms with Crippen molar-refractivity contribution in [3.8, 4) is 0 Å². The summed E-state index contributed by atoms with van der Waals surface area (Å²) in [6.07, 6.45) is 0.822. The number of carbonyl (C=O) groups is 3. The number of nitrogens with zero attached hydrogens (tertiary/aromatic N) is 2. The molecule has 0 radical (unpaired) electrons. The van der Waals surface area contributed by atoms with Crippen molar-refractivity contribution in [2.75, 3.05) is 0 Å². The van der Waals surface area contributed by atoms with Crippen molar-refractivity contribution in [2.24, 2.45) is 23.7 Å². The van der Waals surface area contributed by atoms with Crippen LogP contribution in [0, 0.1) is 23.7 Å². The number of hydrogen-bond acceptors (Lipinski definition) is 3. The minimum Gasteiger partial charge on any atom is -0.272 e. The van der Waals surface area contributed by atoms with Crippen LogP contribution in [-0.2, 0) is 16.1 Å². The second-order valence-corrected chi connectivity index (χ2v) is 11.4. The van der Waals surface area contributed by atoms with Gasteiger partial charge in [-0.2, -0.15) is 5.01 Å². The summed E-state index contributed by atoms with van der Waals surface area (Å²) in [6.45, 7) is 0.0446. The zero-order valence-corrected chi connectivity index (χ0v) is 21.3. The first kappa shape index (κ1) is 22.4. The molecule has 3 fully saturated rings. The Morgan fingerprint density at radius 1 is 0.938 bits per heavy atom. The van der Waals surface area contributed by atoms with Crippen LogP contribution in [-0.4, -0.2) is 37.4 Å². The van der Waals surface area contributed by atoms with E-state index in [1.807, 2.05) is 0 Å². The molecule has 3 aliphatic rings. The van der Waals surface area contributed by atoms with Crippen molar-refractivity contribution in [3.05, 3.63) is 69.7 Å². The van der Waals surface area contributed by atoms with Crippen LogP contribution in [0.3, 0.4) is 0 Å². The third kappa shape index (κ3) is 3.44. The lowest BCUT2D eigenvalue weighted by Crippen LogP contribution is -2.50. The van der Waals surface area contributed by atoms with Gasteiger partial charge in [0, 0.05) is 14.7 Å². The van der Waals surface area contributed by atoms with Crippen molar-refractivity contribution >= 4 is 72.8 Å². The lowest BCUT2D eigenvalue weighted by atomic mass is 9.81. The van der Waals surface area contributed by atoms with Crippen molar-refractivity contribution < 1.29 is 14.4 Å². The van der Waals surface area contributed by atoms with Gasteiger partial charge in [0.15, 0.2) is 0 Å². The Balaban J connectivity index is 1.54. The van der Waals surface area contributed by atoms with Gasteiger partial charge in [0.05, 0.1) is 29.0 Å². The maximum atomic E-state index is 13.6. The largest absolute Gasteiger partial charge is 0.274 e. The summed E-state index contributed by atoms with van der Waals surface area (Å²) in [6, 6.07) is 13.6. The molecule has 32 heavy (non-hydrogen) atoms. The number of imide groups is 1. The number of alkyl halides is 2. The molecule has 0 unspecified atom stereocenters. The van der Waals surface area contributed by atoms with Gasteiger partial charge in [-0.15, -0.1) is 0 Å². The number of hydrazine groups is 1. The van der Waals surface area contributed by atoms with Gasteiger partial charge in [-0.25, -0.2) is 5.01 Å². The molecule has 5 nitrogen and oxygen atoms in total. The van der Waals surface area contributed by atoms with E-state index in [0.29, 0.717) is 5.02 Å². The zero-order valence-electron chi connectivity index (χ0n) is 16.6. The molecular weight excluding hydrogens is 583 g/mol. The van der Waals surface area contributed by atoms with Crippen LogP contribution < -0.4 is 0 Å². The fourth-order valence-corrected chi connectivity index (χ4v) is 7.56. The van der Waals surface area contributed by atoms with Gasteiger partial charge in [0.2, 0.25) is 0 Å².